The second-order valence-electron chi connectivity index (χ2n) is 6.93. The zero-order valence-corrected chi connectivity index (χ0v) is 17.0. The van der Waals surface area contributed by atoms with Crippen LogP contribution in [0.3, 0.4) is 0 Å². The Kier molecular flexibility index (Phi) is 7.34. The minimum absolute atomic E-state index is 0. The Morgan fingerprint density at radius 3 is 2.50 bits per heavy atom. The lowest BCUT2D eigenvalue weighted by atomic mass is 9.72. The van der Waals surface area contributed by atoms with Crippen molar-refractivity contribution >= 4 is 29.9 Å². The molecule has 5 heteroatoms. The van der Waals surface area contributed by atoms with E-state index in [1.165, 1.54) is 30.4 Å². The first-order valence-corrected chi connectivity index (χ1v) is 8.90. The van der Waals surface area contributed by atoms with Crippen molar-refractivity contribution in [2.75, 3.05) is 32.8 Å². The fraction of sp³-hybridized carbons (Fsp3) is 0.632. The van der Waals surface area contributed by atoms with Crippen LogP contribution in [0.5, 0.6) is 0 Å². The topological polar surface area (TPSA) is 50.8 Å². The predicted molar refractivity (Wildman–Crippen MR) is 110 cm³/mol. The molecule has 4 nitrogen and oxygen atoms in total. The van der Waals surface area contributed by atoms with Crippen molar-refractivity contribution in [3.63, 3.8) is 0 Å². The van der Waals surface area contributed by atoms with Gasteiger partial charge >= 0.3 is 0 Å². The van der Waals surface area contributed by atoms with Crippen LogP contribution in [0.15, 0.2) is 29.3 Å². The van der Waals surface area contributed by atoms with Crippen molar-refractivity contribution in [1.82, 2.24) is 4.90 Å². The Morgan fingerprint density at radius 2 is 1.83 bits per heavy atom. The highest BCUT2D eigenvalue weighted by molar-refractivity contribution is 14.0. The molecule has 2 aliphatic heterocycles. The highest BCUT2D eigenvalue weighted by atomic mass is 127. The van der Waals surface area contributed by atoms with E-state index < -0.39 is 0 Å². The molecular weight excluding hydrogens is 413 g/mol. The van der Waals surface area contributed by atoms with E-state index in [-0.39, 0.29) is 29.4 Å². The molecule has 0 spiro atoms. The second-order valence-corrected chi connectivity index (χ2v) is 6.93. The van der Waals surface area contributed by atoms with Gasteiger partial charge in [0.15, 0.2) is 5.96 Å². The lowest BCUT2D eigenvalue weighted by Crippen LogP contribution is -2.43. The summed E-state index contributed by atoms with van der Waals surface area (Å²) in [5, 5.41) is 0. The second kappa shape index (κ2) is 9.04. The summed E-state index contributed by atoms with van der Waals surface area (Å²) in [6.07, 6.45) is 5.82. The van der Waals surface area contributed by atoms with Gasteiger partial charge in [0.25, 0.3) is 0 Å². The molecule has 0 unspecified atom stereocenters. The third-order valence-corrected chi connectivity index (χ3v) is 5.39. The van der Waals surface area contributed by atoms with Crippen LogP contribution in [-0.2, 0) is 10.2 Å². The van der Waals surface area contributed by atoms with Gasteiger partial charge in [0.2, 0.25) is 0 Å². The highest BCUT2D eigenvalue weighted by Gasteiger charge is 2.35. The minimum atomic E-state index is 0. The number of rotatable bonds is 3. The molecule has 2 N–H and O–H groups in total. The van der Waals surface area contributed by atoms with Gasteiger partial charge in [-0.1, -0.05) is 24.3 Å². The molecule has 2 aliphatic rings. The number of guanidine groups is 1. The molecule has 0 amide bonds. The molecule has 0 aromatic heterocycles. The van der Waals surface area contributed by atoms with Gasteiger partial charge in [0.05, 0.1) is 6.54 Å². The highest BCUT2D eigenvalue weighted by Crippen LogP contribution is 2.37. The van der Waals surface area contributed by atoms with Gasteiger partial charge in [-0.3, -0.25) is 4.99 Å². The number of likely N-dealkylation sites (tertiary alicyclic amines) is 1. The van der Waals surface area contributed by atoms with Crippen LogP contribution in [-0.4, -0.2) is 43.7 Å². The van der Waals surface area contributed by atoms with Crippen molar-refractivity contribution < 1.29 is 4.74 Å². The van der Waals surface area contributed by atoms with Crippen molar-refractivity contribution in [2.24, 2.45) is 10.7 Å². The molecule has 3 rings (SSSR count). The van der Waals surface area contributed by atoms with E-state index in [4.69, 9.17) is 15.5 Å². The average Bonchev–Trinajstić information content (AvgIpc) is 2.61. The van der Waals surface area contributed by atoms with Crippen molar-refractivity contribution in [2.45, 2.75) is 44.4 Å². The first-order valence-electron chi connectivity index (χ1n) is 8.90. The number of ether oxygens (including phenoxy) is 1. The molecule has 24 heavy (non-hydrogen) atoms. The molecule has 2 saturated heterocycles. The van der Waals surface area contributed by atoms with Crippen LogP contribution in [0.25, 0.3) is 0 Å². The number of benzene rings is 1. The fourth-order valence-electron chi connectivity index (χ4n) is 3.90. The van der Waals surface area contributed by atoms with Crippen LogP contribution in [0.2, 0.25) is 0 Å². The van der Waals surface area contributed by atoms with E-state index in [0.29, 0.717) is 0 Å². The van der Waals surface area contributed by atoms with E-state index in [1.54, 1.807) is 0 Å². The third-order valence-electron chi connectivity index (χ3n) is 5.39. The smallest absolute Gasteiger partial charge is 0.191 e. The lowest BCUT2D eigenvalue weighted by Gasteiger charge is -2.38. The number of hydrogen-bond acceptors (Lipinski definition) is 2. The number of aryl methyl sites for hydroxylation is 1. The monoisotopic (exact) mass is 443 g/mol. The van der Waals surface area contributed by atoms with Crippen LogP contribution in [0, 0.1) is 6.92 Å². The zero-order valence-electron chi connectivity index (χ0n) is 14.7. The largest absolute Gasteiger partial charge is 0.381 e. The van der Waals surface area contributed by atoms with Crippen molar-refractivity contribution in [3.8, 4) is 0 Å². The average molecular weight is 443 g/mol. The van der Waals surface area contributed by atoms with Gasteiger partial charge < -0.3 is 15.4 Å². The number of piperidine rings is 1. The maximum absolute atomic E-state index is 6.29. The quantitative estimate of drug-likeness (QED) is 0.442. The number of nitrogens with zero attached hydrogens (tertiary/aromatic N) is 2. The molecule has 0 radical (unpaired) electrons. The van der Waals surface area contributed by atoms with Crippen molar-refractivity contribution in [1.29, 1.82) is 0 Å². The van der Waals surface area contributed by atoms with Gasteiger partial charge in [0.1, 0.15) is 0 Å². The minimum Gasteiger partial charge on any atom is -0.381 e. The molecule has 2 fully saturated rings. The van der Waals surface area contributed by atoms with Crippen LogP contribution in [0.4, 0.5) is 0 Å². The summed E-state index contributed by atoms with van der Waals surface area (Å²) in [6, 6.07) is 8.70. The first kappa shape index (κ1) is 19.5. The number of hydrogen-bond donors (Lipinski definition) is 1. The molecule has 1 aromatic rings. The number of nitrogens with two attached hydrogens (primary N) is 1. The van der Waals surface area contributed by atoms with Crippen molar-refractivity contribution in [3.05, 3.63) is 35.4 Å². The van der Waals surface area contributed by atoms with Crippen LogP contribution in [0.1, 0.15) is 43.2 Å². The van der Waals surface area contributed by atoms with E-state index in [0.717, 1.165) is 51.6 Å². The fourth-order valence-corrected chi connectivity index (χ4v) is 3.90. The van der Waals surface area contributed by atoms with E-state index in [9.17, 15) is 0 Å². The van der Waals surface area contributed by atoms with Gasteiger partial charge in [-0.2, -0.15) is 0 Å². The summed E-state index contributed by atoms with van der Waals surface area (Å²) in [7, 11) is 0. The van der Waals surface area contributed by atoms with E-state index in [1.807, 2.05) is 0 Å². The normalized spacial score (nSPS) is 21.2. The Morgan fingerprint density at radius 1 is 1.17 bits per heavy atom. The Labute approximate surface area is 162 Å². The molecule has 0 bridgehead atoms. The van der Waals surface area contributed by atoms with Gasteiger partial charge in [0, 0.05) is 31.7 Å². The standard InChI is InChI=1S/C19H29N3O.HI/c1-16-7-3-4-8-17(16)19(9-13-23-14-10-19)15-21-18(20)22-11-5-2-6-12-22;/h3-4,7-8H,2,5-6,9-15H2,1H3,(H2,20,21);1H. The molecule has 0 atom stereocenters. The van der Waals surface area contributed by atoms with Gasteiger partial charge in [-0.25, -0.2) is 0 Å². The maximum atomic E-state index is 6.29. The van der Waals surface area contributed by atoms with Crippen LogP contribution >= 0.6 is 24.0 Å². The van der Waals surface area contributed by atoms with E-state index >= 15 is 0 Å². The third kappa shape index (κ3) is 4.42. The van der Waals surface area contributed by atoms with Gasteiger partial charge in [-0.15, -0.1) is 24.0 Å². The zero-order chi connectivity index (χ0) is 16.1. The number of halogens is 1. The molecule has 134 valence electrons. The molecule has 1 aromatic carbocycles. The number of aliphatic imine (C=N–C) groups is 1. The summed E-state index contributed by atoms with van der Waals surface area (Å²) in [4.78, 5) is 7.07. The first-order chi connectivity index (χ1) is 11.2. The maximum Gasteiger partial charge on any atom is 0.191 e. The van der Waals surface area contributed by atoms with Gasteiger partial charge in [-0.05, 0) is 50.2 Å². The predicted octanol–water partition coefficient (Wildman–Crippen LogP) is 3.46. The molecule has 0 aliphatic carbocycles. The summed E-state index contributed by atoms with van der Waals surface area (Å²) in [5.41, 5.74) is 9.12. The Balaban J connectivity index is 0.00000208. The Hall–Kier alpha value is -0.820. The molecule has 0 saturated carbocycles. The summed E-state index contributed by atoms with van der Waals surface area (Å²) in [5.74, 6) is 0.726. The van der Waals surface area contributed by atoms with E-state index in [2.05, 4.69) is 36.1 Å². The van der Waals surface area contributed by atoms with Crippen LogP contribution < -0.4 is 5.73 Å². The lowest BCUT2D eigenvalue weighted by molar-refractivity contribution is 0.0528. The summed E-state index contributed by atoms with van der Waals surface area (Å²) in [6.45, 7) is 6.69. The Bertz CT molecular complexity index is 549. The summed E-state index contributed by atoms with van der Waals surface area (Å²) >= 11 is 0. The molecular formula is C19H30IN3O. The molecule has 2 heterocycles. The summed E-state index contributed by atoms with van der Waals surface area (Å²) < 4.78 is 5.62. The SMILES string of the molecule is Cc1ccccc1C1(CN=C(N)N2CCCCC2)CCOCC1.I.